The van der Waals surface area contributed by atoms with Gasteiger partial charge in [0, 0.05) is 0 Å². The molecule has 0 aliphatic heterocycles. The molecule has 0 saturated heterocycles. The summed E-state index contributed by atoms with van der Waals surface area (Å²) in [7, 11) is 0. The summed E-state index contributed by atoms with van der Waals surface area (Å²) in [5.41, 5.74) is 0. The van der Waals surface area contributed by atoms with Gasteiger partial charge in [-0.3, -0.25) is 0 Å². The zero-order valence-corrected chi connectivity index (χ0v) is 12.8. The Morgan fingerprint density at radius 2 is 0.458 bits per heavy atom. The van der Waals surface area contributed by atoms with Gasteiger partial charge < -0.3 is 61.3 Å². The predicted octanol–water partition coefficient (Wildman–Crippen LogP) is -7.17. The summed E-state index contributed by atoms with van der Waals surface area (Å²) in [5.74, 6) is 0. The Labute approximate surface area is 137 Å². The average Bonchev–Trinajstić information content (AvgIpc) is 2.62. The van der Waals surface area contributed by atoms with Crippen molar-refractivity contribution in [3.8, 4) is 0 Å². The molecule has 0 bridgehead atoms. The van der Waals surface area contributed by atoms with Gasteiger partial charge in [-0.15, -0.1) is 0 Å². The van der Waals surface area contributed by atoms with Crippen molar-refractivity contribution in [2.75, 3.05) is 26.4 Å². The number of rotatable bonds is 10. The van der Waals surface area contributed by atoms with Crippen LogP contribution in [0.15, 0.2) is 0 Å². The van der Waals surface area contributed by atoms with Crippen LogP contribution < -0.4 is 0 Å². The topological polar surface area (TPSA) is 243 Å². The molecule has 0 spiro atoms. The van der Waals surface area contributed by atoms with Crippen molar-refractivity contribution < 1.29 is 61.3 Å². The van der Waals surface area contributed by atoms with Gasteiger partial charge in [0.1, 0.15) is 48.8 Å². The first-order chi connectivity index (χ1) is 11.1. The van der Waals surface area contributed by atoms with Crippen LogP contribution in [0.5, 0.6) is 0 Å². The van der Waals surface area contributed by atoms with Gasteiger partial charge in [-0.2, -0.15) is 0 Å². The van der Waals surface area contributed by atoms with E-state index in [9.17, 15) is 0 Å². The predicted molar refractivity (Wildman–Crippen MR) is 76.4 cm³/mol. The van der Waals surface area contributed by atoms with Crippen LogP contribution in [0.3, 0.4) is 0 Å². The van der Waals surface area contributed by atoms with Crippen molar-refractivity contribution in [1.82, 2.24) is 0 Å². The first-order valence-electron chi connectivity index (χ1n) is 6.96. The number of aliphatic hydroxyl groups excluding tert-OH is 12. The van der Waals surface area contributed by atoms with Crippen LogP contribution in [-0.4, -0.2) is 137 Å². The maximum absolute atomic E-state index is 8.96. The zero-order valence-electron chi connectivity index (χ0n) is 12.8. The SMILES string of the molecule is OCC(O)C(O)C(O)C(O)CO.OCC(O)C(O)C(O)C(O)CO. The molecular weight excluding hydrogens is 336 g/mol. The van der Waals surface area contributed by atoms with E-state index in [1.807, 2.05) is 0 Å². The fourth-order valence-corrected chi connectivity index (χ4v) is 1.34. The van der Waals surface area contributed by atoms with Crippen LogP contribution in [0.4, 0.5) is 0 Å². The molecule has 0 aromatic rings. The molecule has 0 aliphatic rings. The van der Waals surface area contributed by atoms with Crippen LogP contribution in [0.2, 0.25) is 0 Å². The lowest BCUT2D eigenvalue weighted by molar-refractivity contribution is -0.123. The monoisotopic (exact) mass is 364 g/mol. The minimum Gasteiger partial charge on any atom is -0.394 e. The number of hydrogen-bond acceptors (Lipinski definition) is 12. The Balaban J connectivity index is 0. The van der Waals surface area contributed by atoms with Crippen molar-refractivity contribution in [2.24, 2.45) is 0 Å². The number of aliphatic hydroxyl groups is 12. The molecule has 0 heterocycles. The molecule has 8 atom stereocenters. The van der Waals surface area contributed by atoms with Gasteiger partial charge >= 0.3 is 0 Å². The highest BCUT2D eigenvalue weighted by Gasteiger charge is 2.30. The van der Waals surface area contributed by atoms with Crippen molar-refractivity contribution >= 4 is 0 Å². The normalized spacial score (nSPS) is 21.5. The Bertz CT molecular complexity index is 237. The van der Waals surface area contributed by atoms with Gasteiger partial charge in [-0.1, -0.05) is 0 Å². The highest BCUT2D eigenvalue weighted by molar-refractivity contribution is 4.80. The van der Waals surface area contributed by atoms with Gasteiger partial charge in [0.05, 0.1) is 26.4 Å². The number of hydrogen-bond donors (Lipinski definition) is 12. The summed E-state index contributed by atoms with van der Waals surface area (Å²) in [6.07, 6.45) is -12.8. The Kier molecular flexibility index (Phi) is 14.8. The first-order valence-corrected chi connectivity index (χ1v) is 6.96. The van der Waals surface area contributed by atoms with Gasteiger partial charge in [0.25, 0.3) is 0 Å². The Morgan fingerprint density at radius 1 is 0.333 bits per heavy atom. The molecule has 0 aromatic heterocycles. The second-order valence-corrected chi connectivity index (χ2v) is 4.96. The standard InChI is InChI=1S/2C6H14O6/c2*7-1-3(9)5(11)6(12)4(10)2-8/h2*3-12H,1-2H2. The lowest BCUT2D eigenvalue weighted by Gasteiger charge is -2.24. The van der Waals surface area contributed by atoms with Crippen LogP contribution >= 0.6 is 0 Å². The molecule has 12 N–H and O–H groups in total. The molecule has 12 nitrogen and oxygen atoms in total. The third kappa shape index (κ3) is 9.12. The van der Waals surface area contributed by atoms with E-state index in [0.29, 0.717) is 0 Å². The lowest BCUT2D eigenvalue weighted by atomic mass is 10.0. The molecule has 0 aromatic carbocycles. The summed E-state index contributed by atoms with van der Waals surface area (Å²) in [5, 5.41) is 104. The maximum atomic E-state index is 8.96. The molecule has 0 saturated carbocycles. The van der Waals surface area contributed by atoms with Gasteiger partial charge in [0.15, 0.2) is 0 Å². The minimum absolute atomic E-state index is 0.726. The minimum atomic E-state index is -1.67. The first kappa shape index (κ1) is 25.8. The third-order valence-corrected chi connectivity index (χ3v) is 3.02. The second kappa shape index (κ2) is 13.8. The van der Waals surface area contributed by atoms with Gasteiger partial charge in [0.2, 0.25) is 0 Å². The molecule has 148 valence electrons. The Morgan fingerprint density at radius 3 is 0.542 bits per heavy atom. The molecular formula is C12H28O12. The van der Waals surface area contributed by atoms with E-state index in [-0.39, 0.29) is 0 Å². The summed E-state index contributed by atoms with van der Waals surface area (Å²) in [4.78, 5) is 0. The summed E-state index contributed by atoms with van der Waals surface area (Å²) < 4.78 is 0. The smallest absolute Gasteiger partial charge is 0.111 e. The highest BCUT2D eigenvalue weighted by Crippen LogP contribution is 2.04. The largest absolute Gasteiger partial charge is 0.394 e. The quantitative estimate of drug-likeness (QED) is 0.173. The lowest BCUT2D eigenvalue weighted by Crippen LogP contribution is -2.46. The van der Waals surface area contributed by atoms with Gasteiger partial charge in [-0.25, -0.2) is 0 Å². The van der Waals surface area contributed by atoms with E-state index in [1.165, 1.54) is 0 Å². The van der Waals surface area contributed by atoms with Crippen molar-refractivity contribution in [1.29, 1.82) is 0 Å². The average molecular weight is 364 g/mol. The molecule has 0 fully saturated rings. The molecule has 12 heteroatoms. The molecule has 24 heavy (non-hydrogen) atoms. The van der Waals surface area contributed by atoms with Gasteiger partial charge in [-0.05, 0) is 0 Å². The van der Waals surface area contributed by atoms with E-state index in [2.05, 4.69) is 0 Å². The van der Waals surface area contributed by atoms with Crippen molar-refractivity contribution in [3.05, 3.63) is 0 Å². The van der Waals surface area contributed by atoms with E-state index < -0.39 is 75.3 Å². The Hall–Kier alpha value is -0.480. The second-order valence-electron chi connectivity index (χ2n) is 4.96. The van der Waals surface area contributed by atoms with Crippen LogP contribution in [0.1, 0.15) is 0 Å². The molecule has 0 amide bonds. The molecule has 0 rings (SSSR count). The van der Waals surface area contributed by atoms with E-state index >= 15 is 0 Å². The summed E-state index contributed by atoms with van der Waals surface area (Å²) in [6, 6.07) is 0. The summed E-state index contributed by atoms with van der Waals surface area (Å²) >= 11 is 0. The summed E-state index contributed by atoms with van der Waals surface area (Å²) in [6.45, 7) is -2.90. The maximum Gasteiger partial charge on any atom is 0.111 e. The van der Waals surface area contributed by atoms with Crippen LogP contribution in [0.25, 0.3) is 0 Å². The van der Waals surface area contributed by atoms with E-state index in [1.54, 1.807) is 0 Å². The van der Waals surface area contributed by atoms with E-state index in [0.717, 1.165) is 0 Å². The third-order valence-electron chi connectivity index (χ3n) is 3.02. The molecule has 8 unspecified atom stereocenters. The molecule has 0 aliphatic carbocycles. The van der Waals surface area contributed by atoms with Crippen LogP contribution in [-0.2, 0) is 0 Å². The zero-order chi connectivity index (χ0) is 19.4. The molecule has 0 radical (unpaired) electrons. The van der Waals surface area contributed by atoms with Crippen molar-refractivity contribution in [2.45, 2.75) is 48.8 Å². The van der Waals surface area contributed by atoms with E-state index in [4.69, 9.17) is 61.3 Å². The highest BCUT2D eigenvalue weighted by atomic mass is 16.4. The van der Waals surface area contributed by atoms with Crippen LogP contribution in [0, 0.1) is 0 Å². The fourth-order valence-electron chi connectivity index (χ4n) is 1.34. The fraction of sp³-hybridized carbons (Fsp3) is 1.00. The van der Waals surface area contributed by atoms with Crippen molar-refractivity contribution in [3.63, 3.8) is 0 Å².